The third kappa shape index (κ3) is 4.74. The molecule has 0 atom stereocenters. The van der Waals surface area contributed by atoms with Crippen molar-refractivity contribution in [2.75, 3.05) is 39.2 Å². The Morgan fingerprint density at radius 3 is 2.48 bits per heavy atom. The number of ether oxygens (including phenoxy) is 1. The van der Waals surface area contributed by atoms with E-state index in [0.29, 0.717) is 29.5 Å². The second-order valence-corrected chi connectivity index (χ2v) is 7.08. The Morgan fingerprint density at radius 2 is 1.85 bits per heavy atom. The molecule has 0 aliphatic rings. The predicted molar refractivity (Wildman–Crippen MR) is 110 cm³/mol. The van der Waals surface area contributed by atoms with Crippen LogP contribution in [0.4, 0.5) is 9.52 Å². The van der Waals surface area contributed by atoms with Crippen molar-refractivity contribution in [3.05, 3.63) is 53.8 Å². The number of carbonyl (C=O) groups is 1. The minimum Gasteiger partial charge on any atom is -0.494 e. The summed E-state index contributed by atoms with van der Waals surface area (Å²) in [5.41, 5.74) is 1.16. The molecule has 1 aromatic heterocycles. The number of hydrogen-bond acceptors (Lipinski definition) is 5. The summed E-state index contributed by atoms with van der Waals surface area (Å²) in [5, 5.41) is 0.598. The third-order valence-corrected chi connectivity index (χ3v) is 4.97. The summed E-state index contributed by atoms with van der Waals surface area (Å²) in [6, 6.07) is 11.3. The average Bonchev–Trinajstić information content (AvgIpc) is 3.05. The van der Waals surface area contributed by atoms with Gasteiger partial charge in [0.15, 0.2) is 5.13 Å². The number of nitrogens with zero attached hydrogens (tertiary/aromatic N) is 3. The van der Waals surface area contributed by atoms with E-state index >= 15 is 0 Å². The van der Waals surface area contributed by atoms with Gasteiger partial charge in [-0.3, -0.25) is 9.69 Å². The van der Waals surface area contributed by atoms with E-state index in [9.17, 15) is 9.18 Å². The first-order chi connectivity index (χ1) is 12.5. The van der Waals surface area contributed by atoms with Crippen LogP contribution in [0.25, 0.3) is 10.2 Å². The van der Waals surface area contributed by atoms with Crippen LogP contribution in [0.3, 0.4) is 0 Å². The van der Waals surface area contributed by atoms with Crippen molar-refractivity contribution < 1.29 is 13.9 Å². The number of benzene rings is 2. The van der Waals surface area contributed by atoms with E-state index in [0.717, 1.165) is 10.2 Å². The Balaban J connectivity index is 0.00000261. The Bertz CT molecular complexity index is 915. The van der Waals surface area contributed by atoms with Crippen LogP contribution in [0.5, 0.6) is 5.75 Å². The second-order valence-electron chi connectivity index (χ2n) is 6.07. The Kier molecular flexibility index (Phi) is 7.12. The lowest BCUT2D eigenvalue weighted by molar-refractivity contribution is 0.0985. The van der Waals surface area contributed by atoms with Gasteiger partial charge in [0.1, 0.15) is 17.1 Å². The summed E-state index contributed by atoms with van der Waals surface area (Å²) in [7, 11) is 5.49. The quantitative estimate of drug-likeness (QED) is 0.615. The number of anilines is 1. The minimum absolute atomic E-state index is 0. The van der Waals surface area contributed by atoms with Gasteiger partial charge in [0.2, 0.25) is 0 Å². The zero-order valence-corrected chi connectivity index (χ0v) is 16.9. The number of fused-ring (bicyclic) bond motifs is 1. The highest BCUT2D eigenvalue weighted by Gasteiger charge is 2.22. The molecule has 3 rings (SSSR count). The van der Waals surface area contributed by atoms with Crippen molar-refractivity contribution in [2.24, 2.45) is 0 Å². The number of para-hydroxylation sites is 1. The van der Waals surface area contributed by atoms with Crippen molar-refractivity contribution >= 4 is 45.0 Å². The van der Waals surface area contributed by atoms with Crippen LogP contribution in [0.15, 0.2) is 42.5 Å². The molecule has 5 nitrogen and oxygen atoms in total. The van der Waals surface area contributed by atoms with Gasteiger partial charge in [0, 0.05) is 18.7 Å². The molecule has 0 aliphatic heterocycles. The normalized spacial score (nSPS) is 10.7. The molecule has 27 heavy (non-hydrogen) atoms. The molecule has 1 heterocycles. The lowest BCUT2D eigenvalue weighted by Gasteiger charge is -2.22. The molecule has 0 radical (unpaired) electrons. The van der Waals surface area contributed by atoms with E-state index in [1.807, 2.05) is 37.2 Å². The van der Waals surface area contributed by atoms with Gasteiger partial charge in [-0.2, -0.15) is 0 Å². The SMILES string of the molecule is COc1cccc2sc(N(CCN(C)C)C(=O)c3ccc(F)cc3)nc12.Cl. The Hall–Kier alpha value is -2.22. The molecule has 0 aliphatic carbocycles. The number of carbonyl (C=O) groups excluding carboxylic acids is 1. The van der Waals surface area contributed by atoms with Crippen LogP contribution >= 0.6 is 23.7 Å². The van der Waals surface area contributed by atoms with Gasteiger partial charge in [0.25, 0.3) is 5.91 Å². The predicted octanol–water partition coefficient (Wildman–Crippen LogP) is 4.07. The molecule has 0 N–H and O–H groups in total. The molecule has 8 heteroatoms. The molecule has 2 aromatic carbocycles. The number of methoxy groups -OCH3 is 1. The zero-order valence-electron chi connectivity index (χ0n) is 15.3. The van der Waals surface area contributed by atoms with Gasteiger partial charge < -0.3 is 9.64 Å². The van der Waals surface area contributed by atoms with Gasteiger partial charge in [-0.15, -0.1) is 12.4 Å². The monoisotopic (exact) mass is 409 g/mol. The topological polar surface area (TPSA) is 45.7 Å². The first-order valence-electron chi connectivity index (χ1n) is 8.15. The largest absolute Gasteiger partial charge is 0.494 e. The maximum atomic E-state index is 13.2. The number of thiazole rings is 1. The molecule has 1 amide bonds. The van der Waals surface area contributed by atoms with Crippen LogP contribution in [0.1, 0.15) is 10.4 Å². The number of halogens is 2. The smallest absolute Gasteiger partial charge is 0.260 e. The standard InChI is InChI=1S/C19H20FN3O2S.ClH/c1-22(2)11-12-23(18(24)13-7-9-14(20)10-8-13)19-21-17-15(25-3)5-4-6-16(17)26-19;/h4-10H,11-12H2,1-3H3;1H. The highest BCUT2D eigenvalue weighted by molar-refractivity contribution is 7.22. The number of aromatic nitrogens is 1. The molecule has 144 valence electrons. The molecule has 3 aromatic rings. The molecular formula is C19H21ClFN3O2S. The zero-order chi connectivity index (χ0) is 18.7. The number of likely N-dealkylation sites (N-methyl/N-ethyl adjacent to an activating group) is 1. The van der Waals surface area contributed by atoms with Crippen LogP contribution in [0.2, 0.25) is 0 Å². The summed E-state index contributed by atoms with van der Waals surface area (Å²) >= 11 is 1.43. The van der Waals surface area contributed by atoms with Gasteiger partial charge in [-0.05, 0) is 50.5 Å². The van der Waals surface area contributed by atoms with Crippen molar-refractivity contribution in [2.45, 2.75) is 0 Å². The van der Waals surface area contributed by atoms with Crippen molar-refractivity contribution in [1.82, 2.24) is 9.88 Å². The van der Waals surface area contributed by atoms with E-state index < -0.39 is 0 Å². The summed E-state index contributed by atoms with van der Waals surface area (Å²) in [6.07, 6.45) is 0. The van der Waals surface area contributed by atoms with E-state index in [-0.39, 0.29) is 24.1 Å². The van der Waals surface area contributed by atoms with Crippen LogP contribution < -0.4 is 9.64 Å². The van der Waals surface area contributed by atoms with Gasteiger partial charge >= 0.3 is 0 Å². The summed E-state index contributed by atoms with van der Waals surface area (Å²) in [4.78, 5) is 21.3. The van der Waals surface area contributed by atoms with Crippen LogP contribution in [-0.2, 0) is 0 Å². The van der Waals surface area contributed by atoms with E-state index in [1.54, 1.807) is 12.0 Å². The number of amides is 1. The van der Waals surface area contributed by atoms with Crippen molar-refractivity contribution in [3.63, 3.8) is 0 Å². The molecule has 0 saturated carbocycles. The van der Waals surface area contributed by atoms with Crippen LogP contribution in [-0.4, -0.2) is 50.1 Å². The molecule has 0 saturated heterocycles. The van der Waals surface area contributed by atoms with Gasteiger partial charge in [-0.25, -0.2) is 9.37 Å². The van der Waals surface area contributed by atoms with Crippen molar-refractivity contribution in [1.29, 1.82) is 0 Å². The van der Waals surface area contributed by atoms with Gasteiger partial charge in [-0.1, -0.05) is 17.4 Å². The fourth-order valence-corrected chi connectivity index (χ4v) is 3.53. The van der Waals surface area contributed by atoms with E-state index in [2.05, 4.69) is 4.98 Å². The van der Waals surface area contributed by atoms with E-state index in [1.165, 1.54) is 35.6 Å². The van der Waals surface area contributed by atoms with Gasteiger partial charge in [0.05, 0.1) is 11.8 Å². The first-order valence-corrected chi connectivity index (χ1v) is 8.97. The summed E-state index contributed by atoms with van der Waals surface area (Å²) < 4.78 is 19.5. The van der Waals surface area contributed by atoms with Crippen LogP contribution in [0, 0.1) is 5.82 Å². The molecule has 0 bridgehead atoms. The highest BCUT2D eigenvalue weighted by Crippen LogP contribution is 2.34. The van der Waals surface area contributed by atoms with Crippen molar-refractivity contribution in [3.8, 4) is 5.75 Å². The highest BCUT2D eigenvalue weighted by atomic mass is 35.5. The van der Waals surface area contributed by atoms with E-state index in [4.69, 9.17) is 4.74 Å². The second kappa shape index (κ2) is 9.12. The fourth-order valence-electron chi connectivity index (χ4n) is 2.52. The number of rotatable bonds is 6. The lowest BCUT2D eigenvalue weighted by Crippen LogP contribution is -2.36. The molecule has 0 spiro atoms. The minimum atomic E-state index is -0.369. The first kappa shape index (κ1) is 21.1. The number of hydrogen-bond donors (Lipinski definition) is 0. The average molecular weight is 410 g/mol. The Labute approximate surface area is 167 Å². The Morgan fingerprint density at radius 1 is 1.15 bits per heavy atom. The fraction of sp³-hybridized carbons (Fsp3) is 0.263. The maximum absolute atomic E-state index is 13.2. The molecule has 0 unspecified atom stereocenters. The molecule has 0 fully saturated rings. The molecular weight excluding hydrogens is 389 g/mol. The third-order valence-electron chi connectivity index (χ3n) is 3.93. The maximum Gasteiger partial charge on any atom is 0.260 e. The summed E-state index contributed by atoms with van der Waals surface area (Å²) in [5.74, 6) is 0.0998. The summed E-state index contributed by atoms with van der Waals surface area (Å²) in [6.45, 7) is 1.16. The lowest BCUT2D eigenvalue weighted by atomic mass is 10.2.